The second-order valence-electron chi connectivity index (χ2n) is 4.75. The van der Waals surface area contributed by atoms with Crippen molar-refractivity contribution in [2.45, 2.75) is 13.5 Å². The van der Waals surface area contributed by atoms with E-state index in [-0.39, 0.29) is 5.91 Å². The Morgan fingerprint density at radius 3 is 2.71 bits per heavy atom. The number of anilines is 1. The highest BCUT2D eigenvalue weighted by Crippen LogP contribution is 2.35. The standard InChI is InChI=1S/C16H12N4O/c1-11(21)20-10-13-7-6-12(9-17)8-15(13)19-18-14-4-2-3-5-16(14)20/h2-8H,10H2,1H3. The van der Waals surface area contributed by atoms with Crippen LogP contribution in [0.5, 0.6) is 0 Å². The van der Waals surface area contributed by atoms with Crippen LogP contribution >= 0.6 is 0 Å². The van der Waals surface area contributed by atoms with E-state index >= 15 is 0 Å². The van der Waals surface area contributed by atoms with Gasteiger partial charge >= 0.3 is 0 Å². The zero-order chi connectivity index (χ0) is 14.8. The van der Waals surface area contributed by atoms with Crippen molar-refractivity contribution in [1.29, 1.82) is 5.26 Å². The van der Waals surface area contributed by atoms with Crippen LogP contribution in [0.25, 0.3) is 0 Å². The Bertz CT molecular complexity index is 789. The second kappa shape index (κ2) is 5.17. The highest BCUT2D eigenvalue weighted by atomic mass is 16.2. The first-order valence-corrected chi connectivity index (χ1v) is 6.51. The number of hydrogen-bond donors (Lipinski definition) is 0. The fraction of sp³-hybridized carbons (Fsp3) is 0.125. The van der Waals surface area contributed by atoms with Gasteiger partial charge in [-0.25, -0.2) is 0 Å². The molecular weight excluding hydrogens is 264 g/mol. The van der Waals surface area contributed by atoms with E-state index in [1.807, 2.05) is 30.3 Å². The Morgan fingerprint density at radius 2 is 1.95 bits per heavy atom. The summed E-state index contributed by atoms with van der Waals surface area (Å²) in [5.74, 6) is -0.0603. The Labute approximate surface area is 122 Å². The van der Waals surface area contributed by atoms with Crippen molar-refractivity contribution >= 4 is 23.0 Å². The normalized spacial score (nSPS) is 12.7. The fourth-order valence-corrected chi connectivity index (χ4v) is 2.28. The summed E-state index contributed by atoms with van der Waals surface area (Å²) in [5, 5.41) is 17.4. The SMILES string of the molecule is CC(=O)N1Cc2ccc(C#N)cc2N=Nc2ccccc21. The van der Waals surface area contributed by atoms with Crippen molar-refractivity contribution in [3.8, 4) is 6.07 Å². The molecule has 0 fully saturated rings. The molecule has 0 bridgehead atoms. The fourth-order valence-electron chi connectivity index (χ4n) is 2.28. The summed E-state index contributed by atoms with van der Waals surface area (Å²) in [6, 6.07) is 14.7. The molecule has 1 heterocycles. The minimum absolute atomic E-state index is 0.0603. The lowest BCUT2D eigenvalue weighted by Crippen LogP contribution is -2.28. The number of carbonyl (C=O) groups is 1. The van der Waals surface area contributed by atoms with Gasteiger partial charge in [0.1, 0.15) is 5.69 Å². The van der Waals surface area contributed by atoms with Crippen LogP contribution < -0.4 is 4.90 Å². The molecule has 1 aliphatic rings. The van der Waals surface area contributed by atoms with Gasteiger partial charge in [-0.15, -0.1) is 5.11 Å². The number of rotatable bonds is 0. The Kier molecular flexibility index (Phi) is 3.20. The van der Waals surface area contributed by atoms with Gasteiger partial charge in [0.15, 0.2) is 0 Å². The number of hydrogen-bond acceptors (Lipinski definition) is 4. The van der Waals surface area contributed by atoms with Gasteiger partial charge in [-0.3, -0.25) is 4.79 Å². The van der Waals surface area contributed by atoms with Gasteiger partial charge in [0.2, 0.25) is 5.91 Å². The number of nitriles is 1. The van der Waals surface area contributed by atoms with E-state index in [1.54, 1.807) is 17.0 Å². The van der Waals surface area contributed by atoms with Gasteiger partial charge in [-0.1, -0.05) is 18.2 Å². The number of fused-ring (bicyclic) bond motifs is 2. The number of nitrogens with zero attached hydrogens (tertiary/aromatic N) is 4. The predicted octanol–water partition coefficient (Wildman–Crippen LogP) is 3.84. The van der Waals surface area contributed by atoms with Crippen LogP contribution in [0.1, 0.15) is 18.1 Å². The van der Waals surface area contributed by atoms with E-state index in [0.29, 0.717) is 23.5 Å². The Hall–Kier alpha value is -3.00. The molecule has 21 heavy (non-hydrogen) atoms. The van der Waals surface area contributed by atoms with Crippen LogP contribution in [-0.2, 0) is 11.3 Å². The lowest BCUT2D eigenvalue weighted by molar-refractivity contribution is -0.116. The Balaban J connectivity index is 2.19. The van der Waals surface area contributed by atoms with E-state index in [1.165, 1.54) is 6.92 Å². The molecule has 2 aromatic carbocycles. The number of para-hydroxylation sites is 1. The summed E-state index contributed by atoms with van der Waals surface area (Å²) in [7, 11) is 0. The molecule has 0 spiro atoms. The average molecular weight is 276 g/mol. The molecule has 5 nitrogen and oxygen atoms in total. The molecule has 0 saturated carbocycles. The highest BCUT2D eigenvalue weighted by Gasteiger charge is 2.19. The number of amides is 1. The largest absolute Gasteiger partial charge is 0.306 e. The van der Waals surface area contributed by atoms with Crippen LogP contribution in [-0.4, -0.2) is 5.91 Å². The van der Waals surface area contributed by atoms with E-state index in [2.05, 4.69) is 16.3 Å². The summed E-state index contributed by atoms with van der Waals surface area (Å²) >= 11 is 0. The molecule has 0 unspecified atom stereocenters. The average Bonchev–Trinajstić information content (AvgIpc) is 2.49. The summed E-state index contributed by atoms with van der Waals surface area (Å²) in [6.45, 7) is 1.94. The van der Waals surface area contributed by atoms with Crippen molar-refractivity contribution < 1.29 is 4.79 Å². The lowest BCUT2D eigenvalue weighted by Gasteiger charge is -2.24. The number of carbonyl (C=O) groups excluding carboxylic acids is 1. The van der Waals surface area contributed by atoms with Crippen LogP contribution in [0, 0.1) is 11.3 Å². The van der Waals surface area contributed by atoms with Crippen LogP contribution in [0.4, 0.5) is 17.1 Å². The van der Waals surface area contributed by atoms with Crippen molar-refractivity contribution in [2.75, 3.05) is 4.90 Å². The van der Waals surface area contributed by atoms with Gasteiger partial charge in [0.25, 0.3) is 0 Å². The van der Waals surface area contributed by atoms with Crippen LogP contribution in [0.2, 0.25) is 0 Å². The second-order valence-corrected chi connectivity index (χ2v) is 4.75. The third-order valence-corrected chi connectivity index (χ3v) is 3.36. The van der Waals surface area contributed by atoms with Crippen LogP contribution in [0.15, 0.2) is 52.7 Å². The molecule has 5 heteroatoms. The van der Waals surface area contributed by atoms with Gasteiger partial charge in [-0.05, 0) is 29.8 Å². The Morgan fingerprint density at radius 1 is 1.19 bits per heavy atom. The predicted molar refractivity (Wildman–Crippen MR) is 78.6 cm³/mol. The maximum Gasteiger partial charge on any atom is 0.224 e. The molecule has 1 amide bonds. The van der Waals surface area contributed by atoms with Gasteiger partial charge in [0, 0.05) is 6.92 Å². The van der Waals surface area contributed by atoms with Crippen molar-refractivity contribution in [3.05, 3.63) is 53.6 Å². The monoisotopic (exact) mass is 276 g/mol. The molecule has 2 aromatic rings. The number of azo groups is 1. The maximum atomic E-state index is 12.0. The third kappa shape index (κ3) is 2.39. The first-order chi connectivity index (χ1) is 10.2. The number of benzene rings is 2. The summed E-state index contributed by atoms with van der Waals surface area (Å²) in [6.07, 6.45) is 0. The lowest BCUT2D eigenvalue weighted by atomic mass is 10.1. The topological polar surface area (TPSA) is 68.8 Å². The molecule has 0 radical (unpaired) electrons. The zero-order valence-electron chi connectivity index (χ0n) is 11.4. The first-order valence-electron chi connectivity index (χ1n) is 6.51. The maximum absolute atomic E-state index is 12.0. The molecular formula is C16H12N4O. The molecule has 0 aromatic heterocycles. The zero-order valence-corrected chi connectivity index (χ0v) is 11.4. The molecule has 0 saturated heterocycles. The van der Waals surface area contributed by atoms with Crippen LogP contribution in [0.3, 0.4) is 0 Å². The van der Waals surface area contributed by atoms with E-state index in [0.717, 1.165) is 11.3 Å². The first kappa shape index (κ1) is 13.0. The minimum Gasteiger partial charge on any atom is -0.306 e. The molecule has 0 aliphatic carbocycles. The van der Waals surface area contributed by atoms with E-state index in [9.17, 15) is 4.79 Å². The summed E-state index contributed by atoms with van der Waals surface area (Å²) in [5.41, 5.74) is 3.39. The highest BCUT2D eigenvalue weighted by molar-refractivity contribution is 5.94. The molecule has 102 valence electrons. The van der Waals surface area contributed by atoms with Gasteiger partial charge in [0.05, 0.1) is 29.6 Å². The van der Waals surface area contributed by atoms with E-state index < -0.39 is 0 Å². The molecule has 0 N–H and O–H groups in total. The van der Waals surface area contributed by atoms with Crippen molar-refractivity contribution in [1.82, 2.24) is 0 Å². The summed E-state index contributed by atoms with van der Waals surface area (Å²) in [4.78, 5) is 13.6. The quantitative estimate of drug-likeness (QED) is 0.733. The van der Waals surface area contributed by atoms with Gasteiger partial charge in [-0.2, -0.15) is 10.4 Å². The smallest absolute Gasteiger partial charge is 0.224 e. The third-order valence-electron chi connectivity index (χ3n) is 3.36. The van der Waals surface area contributed by atoms with E-state index in [4.69, 9.17) is 5.26 Å². The van der Waals surface area contributed by atoms with Gasteiger partial charge < -0.3 is 4.90 Å². The molecule has 3 rings (SSSR count). The molecule has 1 aliphatic heterocycles. The minimum atomic E-state index is -0.0603. The summed E-state index contributed by atoms with van der Waals surface area (Å²) < 4.78 is 0. The van der Waals surface area contributed by atoms with Crippen molar-refractivity contribution in [2.24, 2.45) is 10.2 Å². The van der Waals surface area contributed by atoms with Crippen molar-refractivity contribution in [3.63, 3.8) is 0 Å². The molecule has 0 atom stereocenters.